The average Bonchev–Trinajstić information content (AvgIpc) is 2.81. The maximum Gasteiger partial charge on any atom is 0.0568 e. The van der Waals surface area contributed by atoms with Crippen LogP contribution in [-0.4, -0.2) is 14.8 Å². The van der Waals surface area contributed by atoms with E-state index in [0.717, 1.165) is 11.3 Å². The van der Waals surface area contributed by atoms with Crippen molar-refractivity contribution in [1.29, 1.82) is 0 Å². The van der Waals surface area contributed by atoms with Gasteiger partial charge in [0.2, 0.25) is 0 Å². The minimum atomic E-state index is 1.03. The van der Waals surface area contributed by atoms with Crippen LogP contribution in [0.1, 0.15) is 33.4 Å². The predicted octanol–water partition coefficient (Wildman–Crippen LogP) is 3.84. The van der Waals surface area contributed by atoms with Crippen molar-refractivity contribution < 1.29 is 0 Å². The molecule has 0 radical (unpaired) electrons. The van der Waals surface area contributed by atoms with Crippen molar-refractivity contribution in [3.05, 3.63) is 36.4 Å². The predicted molar refractivity (Wildman–Crippen MR) is 73.9 cm³/mol. The molecule has 2 aromatic heterocycles. The van der Waals surface area contributed by atoms with Gasteiger partial charge in [-0.15, -0.1) is 0 Å². The molecule has 3 nitrogen and oxygen atoms in total. The number of aryl methyl sites for hydroxylation is 2. The third-order valence-electron chi connectivity index (χ3n) is 1.93. The van der Waals surface area contributed by atoms with E-state index in [4.69, 9.17) is 0 Å². The van der Waals surface area contributed by atoms with Gasteiger partial charge in [0.25, 0.3) is 0 Å². The topological polar surface area (TPSA) is 30.7 Å². The van der Waals surface area contributed by atoms with E-state index < -0.39 is 0 Å². The van der Waals surface area contributed by atoms with E-state index in [1.54, 1.807) is 4.68 Å². The number of nitrogens with zero attached hydrogens (tertiary/aromatic N) is 3. The SMILES string of the molecule is CC.CC.Cc1cc(-c2cnn(C)c2)ccn1. The highest BCUT2D eigenvalue weighted by Crippen LogP contribution is 2.17. The fourth-order valence-electron chi connectivity index (χ4n) is 1.30. The van der Waals surface area contributed by atoms with Crippen molar-refractivity contribution in [3.8, 4) is 11.1 Å². The van der Waals surface area contributed by atoms with Gasteiger partial charge in [0.1, 0.15) is 0 Å². The summed E-state index contributed by atoms with van der Waals surface area (Å²) in [5.41, 5.74) is 3.33. The van der Waals surface area contributed by atoms with Crippen LogP contribution in [0.3, 0.4) is 0 Å². The highest BCUT2D eigenvalue weighted by Gasteiger charge is 1.99. The Kier molecular flexibility index (Phi) is 7.68. The molecule has 0 saturated carbocycles. The Morgan fingerprint density at radius 2 is 1.71 bits per heavy atom. The fourth-order valence-corrected chi connectivity index (χ4v) is 1.30. The van der Waals surface area contributed by atoms with E-state index in [2.05, 4.69) is 16.1 Å². The lowest BCUT2D eigenvalue weighted by molar-refractivity contribution is 0.768. The van der Waals surface area contributed by atoms with Crippen molar-refractivity contribution in [2.75, 3.05) is 0 Å². The third-order valence-corrected chi connectivity index (χ3v) is 1.93. The average molecular weight is 233 g/mol. The summed E-state index contributed by atoms with van der Waals surface area (Å²) in [5, 5.41) is 4.12. The fraction of sp³-hybridized carbons (Fsp3) is 0.429. The molecule has 0 aliphatic carbocycles. The monoisotopic (exact) mass is 233 g/mol. The summed E-state index contributed by atoms with van der Waals surface area (Å²) >= 11 is 0. The Morgan fingerprint density at radius 1 is 1.06 bits per heavy atom. The first-order chi connectivity index (χ1) is 8.25. The van der Waals surface area contributed by atoms with Gasteiger partial charge in [-0.3, -0.25) is 9.67 Å². The molecule has 3 heteroatoms. The molecule has 0 spiro atoms. The first-order valence-electron chi connectivity index (χ1n) is 6.17. The van der Waals surface area contributed by atoms with Crippen molar-refractivity contribution in [3.63, 3.8) is 0 Å². The summed E-state index contributed by atoms with van der Waals surface area (Å²) in [5.74, 6) is 0. The van der Waals surface area contributed by atoms with Crippen LogP contribution in [0.5, 0.6) is 0 Å². The normalized spacial score (nSPS) is 8.59. The molecule has 0 aliphatic heterocycles. The van der Waals surface area contributed by atoms with Crippen molar-refractivity contribution in [2.45, 2.75) is 34.6 Å². The molecule has 2 rings (SSSR count). The molecule has 17 heavy (non-hydrogen) atoms. The maximum absolute atomic E-state index is 4.14. The number of hydrogen-bond acceptors (Lipinski definition) is 2. The van der Waals surface area contributed by atoms with Gasteiger partial charge in [-0.25, -0.2) is 0 Å². The van der Waals surface area contributed by atoms with Gasteiger partial charge in [0.05, 0.1) is 6.20 Å². The molecule has 0 atom stereocenters. The summed E-state index contributed by atoms with van der Waals surface area (Å²) in [4.78, 5) is 4.14. The molecular formula is C14H23N3. The Hall–Kier alpha value is -1.64. The molecule has 94 valence electrons. The van der Waals surface area contributed by atoms with Crippen LogP contribution in [0.4, 0.5) is 0 Å². The number of pyridine rings is 1. The van der Waals surface area contributed by atoms with Crippen LogP contribution in [0.15, 0.2) is 30.7 Å². The standard InChI is InChI=1S/C10H11N3.2C2H6/c1-8-5-9(3-4-11-8)10-6-12-13(2)7-10;2*1-2/h3-7H,1-2H3;2*1-2H3. The van der Waals surface area contributed by atoms with E-state index in [1.165, 1.54) is 5.56 Å². The van der Waals surface area contributed by atoms with E-state index >= 15 is 0 Å². The minimum Gasteiger partial charge on any atom is -0.275 e. The van der Waals surface area contributed by atoms with E-state index in [9.17, 15) is 0 Å². The lowest BCUT2D eigenvalue weighted by atomic mass is 10.1. The minimum absolute atomic E-state index is 1.03. The van der Waals surface area contributed by atoms with Crippen molar-refractivity contribution >= 4 is 0 Å². The largest absolute Gasteiger partial charge is 0.275 e. The molecule has 0 aromatic carbocycles. The van der Waals surface area contributed by atoms with Gasteiger partial charge in [-0.05, 0) is 24.6 Å². The molecule has 2 aromatic rings. The summed E-state index contributed by atoms with van der Waals surface area (Å²) in [6.07, 6.45) is 5.67. The third kappa shape index (κ3) is 4.81. The molecule has 0 N–H and O–H groups in total. The number of aromatic nitrogens is 3. The highest BCUT2D eigenvalue weighted by atomic mass is 15.2. The van der Waals surface area contributed by atoms with Crippen LogP contribution in [-0.2, 0) is 7.05 Å². The Labute approximate surface area is 105 Å². The lowest BCUT2D eigenvalue weighted by Crippen LogP contribution is -1.84. The van der Waals surface area contributed by atoms with Gasteiger partial charge in [0, 0.05) is 30.7 Å². The van der Waals surface area contributed by atoms with E-state index in [1.807, 2.05) is 66.3 Å². The Morgan fingerprint density at radius 3 is 2.18 bits per heavy atom. The second kappa shape index (κ2) is 8.50. The summed E-state index contributed by atoms with van der Waals surface area (Å²) in [7, 11) is 1.91. The van der Waals surface area contributed by atoms with Crippen LogP contribution >= 0.6 is 0 Å². The van der Waals surface area contributed by atoms with E-state index in [-0.39, 0.29) is 0 Å². The Bertz CT molecular complexity index is 419. The summed E-state index contributed by atoms with van der Waals surface area (Å²) in [6.45, 7) is 9.99. The Balaban J connectivity index is 0.000000581. The molecule has 0 fully saturated rings. The smallest absolute Gasteiger partial charge is 0.0568 e. The van der Waals surface area contributed by atoms with Crippen molar-refractivity contribution in [2.24, 2.45) is 7.05 Å². The first kappa shape index (κ1) is 15.4. The maximum atomic E-state index is 4.14. The molecule has 0 aliphatic rings. The van der Waals surface area contributed by atoms with Gasteiger partial charge in [-0.2, -0.15) is 5.10 Å². The molecule has 2 heterocycles. The first-order valence-corrected chi connectivity index (χ1v) is 6.17. The quantitative estimate of drug-likeness (QED) is 0.749. The van der Waals surface area contributed by atoms with Crippen LogP contribution < -0.4 is 0 Å². The molecule has 0 bridgehead atoms. The number of hydrogen-bond donors (Lipinski definition) is 0. The van der Waals surface area contributed by atoms with Crippen LogP contribution in [0.2, 0.25) is 0 Å². The highest BCUT2D eigenvalue weighted by molar-refractivity contribution is 5.61. The molecule has 0 saturated heterocycles. The van der Waals surface area contributed by atoms with Crippen molar-refractivity contribution in [1.82, 2.24) is 14.8 Å². The van der Waals surface area contributed by atoms with Gasteiger partial charge >= 0.3 is 0 Å². The zero-order valence-electron chi connectivity index (χ0n) is 11.7. The second-order valence-electron chi connectivity index (χ2n) is 3.09. The lowest BCUT2D eigenvalue weighted by Gasteiger charge is -1.96. The van der Waals surface area contributed by atoms with E-state index in [0.29, 0.717) is 0 Å². The second-order valence-corrected chi connectivity index (χ2v) is 3.09. The molecule has 0 amide bonds. The summed E-state index contributed by atoms with van der Waals surface area (Å²) < 4.78 is 1.80. The molecule has 0 unspecified atom stereocenters. The zero-order chi connectivity index (χ0) is 13.3. The van der Waals surface area contributed by atoms with Gasteiger partial charge in [0.15, 0.2) is 0 Å². The van der Waals surface area contributed by atoms with Gasteiger partial charge in [-0.1, -0.05) is 27.7 Å². The van der Waals surface area contributed by atoms with Crippen LogP contribution in [0.25, 0.3) is 11.1 Å². The zero-order valence-corrected chi connectivity index (χ0v) is 11.7. The number of rotatable bonds is 1. The van der Waals surface area contributed by atoms with Gasteiger partial charge < -0.3 is 0 Å². The van der Waals surface area contributed by atoms with Crippen LogP contribution in [0, 0.1) is 6.92 Å². The summed E-state index contributed by atoms with van der Waals surface area (Å²) in [6, 6.07) is 4.04. The molecular weight excluding hydrogens is 210 g/mol.